The van der Waals surface area contributed by atoms with Gasteiger partial charge >= 0.3 is 0 Å². The number of hydrogen-bond donors (Lipinski definition) is 1. The molecule has 3 aromatic carbocycles. The van der Waals surface area contributed by atoms with Gasteiger partial charge in [-0.15, -0.1) is 0 Å². The van der Waals surface area contributed by atoms with Crippen LogP contribution in [0.1, 0.15) is 24.0 Å². The van der Waals surface area contributed by atoms with Gasteiger partial charge in [-0.1, -0.05) is 65.7 Å². The van der Waals surface area contributed by atoms with Crippen molar-refractivity contribution in [3.63, 3.8) is 0 Å². The first kappa shape index (κ1) is 20.1. The predicted octanol–water partition coefficient (Wildman–Crippen LogP) is 6.02. The van der Waals surface area contributed by atoms with Crippen molar-refractivity contribution in [1.82, 2.24) is 4.72 Å². The van der Waals surface area contributed by atoms with Crippen LogP contribution in [0, 0.1) is 0 Å². The van der Waals surface area contributed by atoms with E-state index in [9.17, 15) is 4.21 Å². The Hall–Kier alpha value is -1.65. The smallest absolute Gasteiger partial charge is 0.125 e. The monoisotopic (exact) mass is 417 g/mol. The highest BCUT2D eigenvalue weighted by atomic mass is 35.5. The second-order valence-corrected chi connectivity index (χ2v) is 8.59. The fourth-order valence-corrected chi connectivity index (χ4v) is 4.31. The molecule has 2 nitrogen and oxygen atoms in total. The molecule has 140 valence electrons. The molecule has 0 saturated carbocycles. The highest BCUT2D eigenvalue weighted by molar-refractivity contribution is 7.83. The first-order valence-electron chi connectivity index (χ1n) is 8.76. The summed E-state index contributed by atoms with van der Waals surface area (Å²) in [6.07, 6.45) is 0.827. The highest BCUT2D eigenvalue weighted by Gasteiger charge is 2.22. The van der Waals surface area contributed by atoms with Crippen LogP contribution < -0.4 is 4.72 Å². The Morgan fingerprint density at radius 1 is 0.852 bits per heavy atom. The van der Waals surface area contributed by atoms with E-state index in [2.05, 4.69) is 23.8 Å². The van der Waals surface area contributed by atoms with E-state index in [1.165, 1.54) is 11.1 Å². The molecule has 5 heteroatoms. The Morgan fingerprint density at radius 3 is 2.00 bits per heavy atom. The van der Waals surface area contributed by atoms with Crippen molar-refractivity contribution in [2.45, 2.75) is 30.2 Å². The molecule has 3 rings (SSSR count). The summed E-state index contributed by atoms with van der Waals surface area (Å²) in [5.41, 5.74) is 2.40. The van der Waals surface area contributed by atoms with Crippen LogP contribution in [-0.2, 0) is 17.4 Å². The quantitative estimate of drug-likeness (QED) is 0.499. The SMILES string of the molecule is CC(NS(=O)c1ccc(Cl)cc1)C(Cc1ccc(Cl)cc1)c1ccccc1. The minimum atomic E-state index is -1.31. The topological polar surface area (TPSA) is 29.1 Å². The lowest BCUT2D eigenvalue weighted by Crippen LogP contribution is -2.34. The third-order valence-corrected chi connectivity index (χ3v) is 6.31. The zero-order valence-electron chi connectivity index (χ0n) is 14.9. The summed E-state index contributed by atoms with van der Waals surface area (Å²) >= 11 is 11.9. The van der Waals surface area contributed by atoms with Crippen LogP contribution in [0.3, 0.4) is 0 Å². The summed E-state index contributed by atoms with van der Waals surface area (Å²) in [6.45, 7) is 2.07. The normalized spacial score (nSPS) is 14.5. The van der Waals surface area contributed by atoms with Crippen molar-refractivity contribution in [3.8, 4) is 0 Å². The van der Waals surface area contributed by atoms with Crippen molar-refractivity contribution in [2.75, 3.05) is 0 Å². The molecule has 0 radical (unpaired) electrons. The number of benzene rings is 3. The molecular weight excluding hydrogens is 397 g/mol. The summed E-state index contributed by atoms with van der Waals surface area (Å²) in [6, 6.07) is 25.3. The lowest BCUT2D eigenvalue weighted by molar-refractivity contribution is 0.526. The van der Waals surface area contributed by atoms with E-state index in [0.717, 1.165) is 11.4 Å². The van der Waals surface area contributed by atoms with Crippen molar-refractivity contribution in [2.24, 2.45) is 0 Å². The van der Waals surface area contributed by atoms with Crippen molar-refractivity contribution in [1.29, 1.82) is 0 Å². The number of rotatable bonds is 7. The zero-order chi connectivity index (χ0) is 19.2. The molecule has 3 unspecified atom stereocenters. The van der Waals surface area contributed by atoms with Gasteiger partial charge in [0.25, 0.3) is 0 Å². The van der Waals surface area contributed by atoms with Gasteiger partial charge in [0.15, 0.2) is 0 Å². The lowest BCUT2D eigenvalue weighted by atomic mass is 9.87. The predicted molar refractivity (Wildman–Crippen MR) is 115 cm³/mol. The van der Waals surface area contributed by atoms with E-state index in [-0.39, 0.29) is 12.0 Å². The van der Waals surface area contributed by atoms with Crippen LogP contribution in [0.25, 0.3) is 0 Å². The fraction of sp³-hybridized carbons (Fsp3) is 0.182. The Bertz CT molecular complexity index is 882. The highest BCUT2D eigenvalue weighted by Crippen LogP contribution is 2.26. The third-order valence-electron chi connectivity index (χ3n) is 4.52. The second kappa shape index (κ2) is 9.52. The molecule has 0 fully saturated rings. The maximum atomic E-state index is 12.7. The van der Waals surface area contributed by atoms with E-state index in [1.54, 1.807) is 24.3 Å². The van der Waals surface area contributed by atoms with Gasteiger partial charge < -0.3 is 0 Å². The van der Waals surface area contributed by atoms with Crippen LogP contribution in [-0.4, -0.2) is 10.3 Å². The summed E-state index contributed by atoms with van der Waals surface area (Å²) in [5, 5.41) is 1.36. The van der Waals surface area contributed by atoms with Crippen LogP contribution in [0.5, 0.6) is 0 Å². The number of halogens is 2. The molecule has 0 amide bonds. The molecular formula is C22H21Cl2NOS. The Balaban J connectivity index is 1.79. The van der Waals surface area contributed by atoms with Crippen molar-refractivity contribution in [3.05, 3.63) is 100 Å². The first-order valence-corrected chi connectivity index (χ1v) is 10.7. The molecule has 3 aromatic rings. The first-order chi connectivity index (χ1) is 13.0. The summed E-state index contributed by atoms with van der Waals surface area (Å²) in [5.74, 6) is 0.170. The molecule has 0 bridgehead atoms. The largest absolute Gasteiger partial charge is 0.237 e. The molecule has 0 aliphatic rings. The van der Waals surface area contributed by atoms with Crippen LogP contribution in [0.4, 0.5) is 0 Å². The van der Waals surface area contributed by atoms with Crippen molar-refractivity contribution >= 4 is 34.2 Å². The average Bonchev–Trinajstić information content (AvgIpc) is 2.68. The van der Waals surface area contributed by atoms with Gasteiger partial charge in [0.2, 0.25) is 0 Å². The molecule has 0 heterocycles. The summed E-state index contributed by atoms with van der Waals surface area (Å²) in [4.78, 5) is 0.713. The molecule has 3 atom stereocenters. The van der Waals surface area contributed by atoms with Crippen molar-refractivity contribution < 1.29 is 4.21 Å². The van der Waals surface area contributed by atoms with Crippen LogP contribution in [0.2, 0.25) is 10.0 Å². The maximum absolute atomic E-state index is 12.7. The van der Waals surface area contributed by atoms with Crippen LogP contribution >= 0.6 is 23.2 Å². The van der Waals surface area contributed by atoms with E-state index < -0.39 is 11.0 Å². The number of nitrogens with one attached hydrogen (secondary N) is 1. The summed E-state index contributed by atoms with van der Waals surface area (Å²) < 4.78 is 16.0. The van der Waals surface area contributed by atoms with Gasteiger partial charge in [0, 0.05) is 22.0 Å². The van der Waals surface area contributed by atoms with Gasteiger partial charge in [-0.05, 0) is 60.9 Å². The number of hydrogen-bond acceptors (Lipinski definition) is 1. The van der Waals surface area contributed by atoms with E-state index >= 15 is 0 Å². The van der Waals surface area contributed by atoms with Gasteiger partial charge in [-0.25, -0.2) is 8.93 Å². The molecule has 0 aliphatic heterocycles. The van der Waals surface area contributed by atoms with Gasteiger partial charge in [0.1, 0.15) is 11.0 Å². The maximum Gasteiger partial charge on any atom is 0.125 e. The molecule has 0 aromatic heterocycles. The summed E-state index contributed by atoms with van der Waals surface area (Å²) in [7, 11) is -1.31. The molecule has 0 aliphatic carbocycles. The van der Waals surface area contributed by atoms with E-state index in [4.69, 9.17) is 23.2 Å². The molecule has 0 spiro atoms. The van der Waals surface area contributed by atoms with Gasteiger partial charge in [0.05, 0.1) is 4.90 Å². The third kappa shape index (κ3) is 5.66. The van der Waals surface area contributed by atoms with Gasteiger partial charge in [-0.3, -0.25) is 0 Å². The van der Waals surface area contributed by atoms with E-state index in [0.29, 0.717) is 9.92 Å². The standard InChI is InChI=1S/C22H21Cl2NOS/c1-16(25-27(26)21-13-11-20(24)12-14-21)22(18-5-3-2-4-6-18)15-17-7-9-19(23)10-8-17/h2-14,16,22,25H,15H2,1H3. The van der Waals surface area contributed by atoms with E-state index in [1.807, 2.05) is 42.5 Å². The van der Waals surface area contributed by atoms with Crippen LogP contribution in [0.15, 0.2) is 83.8 Å². The second-order valence-electron chi connectivity index (χ2n) is 6.48. The Morgan fingerprint density at radius 2 is 1.41 bits per heavy atom. The molecule has 0 saturated heterocycles. The molecule has 27 heavy (non-hydrogen) atoms. The molecule has 1 N–H and O–H groups in total. The zero-order valence-corrected chi connectivity index (χ0v) is 17.3. The average molecular weight is 418 g/mol. The fourth-order valence-electron chi connectivity index (χ4n) is 3.04. The minimum absolute atomic E-state index is 0.000380. The van der Waals surface area contributed by atoms with Gasteiger partial charge in [-0.2, -0.15) is 0 Å². The Labute approximate surface area is 173 Å². The Kier molecular flexibility index (Phi) is 7.08. The minimum Gasteiger partial charge on any atom is -0.237 e. The lowest BCUT2D eigenvalue weighted by Gasteiger charge is -2.25.